The van der Waals surface area contributed by atoms with Gasteiger partial charge in [0, 0.05) is 0 Å². The molecule has 0 bridgehead atoms. The van der Waals surface area contributed by atoms with Crippen LogP contribution in [0.25, 0.3) is 0 Å². The van der Waals surface area contributed by atoms with E-state index in [1.807, 2.05) is 54.6 Å². The van der Waals surface area contributed by atoms with E-state index in [0.717, 1.165) is 18.4 Å². The van der Waals surface area contributed by atoms with Crippen LogP contribution in [-0.4, -0.2) is 0 Å². The van der Waals surface area contributed by atoms with Crippen molar-refractivity contribution in [2.45, 2.75) is 12.8 Å². The molecule has 2 heteroatoms. The number of hydrogen-bond donors (Lipinski definition) is 0. The molecule has 1 aromatic rings. The van der Waals surface area contributed by atoms with E-state index in [0.29, 0.717) is 5.76 Å². The van der Waals surface area contributed by atoms with Crippen molar-refractivity contribution >= 4 is 0 Å². The molecule has 0 atom stereocenters. The van der Waals surface area contributed by atoms with Crippen LogP contribution >= 0.6 is 0 Å². The summed E-state index contributed by atoms with van der Waals surface area (Å²) in [4.78, 5) is 0. The van der Waals surface area contributed by atoms with Crippen LogP contribution in [-0.2, 0) is 17.1 Å². The average molecular weight is 280 g/mol. The first kappa shape index (κ1) is 14.7. The molecule has 2 aliphatic carbocycles. The molecule has 18 heavy (non-hydrogen) atoms. The summed E-state index contributed by atoms with van der Waals surface area (Å²) < 4.78 is 0. The Bertz CT molecular complexity index is 410. The molecule has 94 valence electrons. The van der Waals surface area contributed by atoms with E-state index in [1.54, 1.807) is 0 Å². The van der Waals surface area contributed by atoms with Crippen molar-refractivity contribution in [1.82, 2.24) is 0 Å². The molecule has 0 radical (unpaired) electrons. The van der Waals surface area contributed by atoms with Gasteiger partial charge < -0.3 is 5.11 Å². The maximum Gasteiger partial charge on any atom is 2.00 e. The minimum absolute atomic E-state index is 0. The van der Waals surface area contributed by atoms with Gasteiger partial charge in [0.1, 0.15) is 0 Å². The number of allylic oxidation sites excluding steroid dienone is 8. The van der Waals surface area contributed by atoms with E-state index in [4.69, 9.17) is 0 Å². The van der Waals surface area contributed by atoms with E-state index in [2.05, 4.69) is 12.2 Å². The zero-order chi connectivity index (χ0) is 11.9. The van der Waals surface area contributed by atoms with Crippen LogP contribution in [0, 0.1) is 5.92 Å². The first-order valence-corrected chi connectivity index (χ1v) is 5.95. The predicted octanol–water partition coefficient (Wildman–Crippen LogP) is 3.10. The standard InChI is InChI=1S/C11H12O.C5H5.Fe/c12-11(9-5-1-2-6-9)10-7-3-4-8-10;1-2-4-5-3-1;/h1-6,10,12H,7-8H2;1-5H;/q;-1;+2/p-1. The van der Waals surface area contributed by atoms with Gasteiger partial charge in [0.25, 0.3) is 0 Å². The molecule has 0 saturated heterocycles. The van der Waals surface area contributed by atoms with Crippen molar-refractivity contribution in [3.8, 4) is 0 Å². The third-order valence-corrected chi connectivity index (χ3v) is 2.88. The summed E-state index contributed by atoms with van der Waals surface area (Å²) >= 11 is 0. The third-order valence-electron chi connectivity index (χ3n) is 2.88. The Morgan fingerprint density at radius 3 is 2.06 bits per heavy atom. The van der Waals surface area contributed by atoms with Gasteiger partial charge in [0.05, 0.1) is 0 Å². The fraction of sp³-hybridized carbons (Fsp3) is 0.188. The average Bonchev–Trinajstić information content (AvgIpc) is 3.11. The second-order valence-electron chi connectivity index (χ2n) is 4.14. The van der Waals surface area contributed by atoms with Crippen molar-refractivity contribution in [2.24, 2.45) is 5.92 Å². The van der Waals surface area contributed by atoms with Gasteiger partial charge in [-0.15, -0.1) is 5.76 Å². The molecule has 2 aliphatic rings. The monoisotopic (exact) mass is 280 g/mol. The van der Waals surface area contributed by atoms with Crippen molar-refractivity contribution in [2.75, 3.05) is 0 Å². The number of hydrogen-bond acceptors (Lipinski definition) is 1. The molecule has 0 aromatic heterocycles. The van der Waals surface area contributed by atoms with Crippen LogP contribution in [0.1, 0.15) is 12.8 Å². The summed E-state index contributed by atoms with van der Waals surface area (Å²) in [5, 5.41) is 11.7. The summed E-state index contributed by atoms with van der Waals surface area (Å²) in [5.41, 5.74) is 0.865. The van der Waals surface area contributed by atoms with E-state index in [1.165, 1.54) is 0 Å². The van der Waals surface area contributed by atoms with Gasteiger partial charge in [-0.1, -0.05) is 36.5 Å². The van der Waals surface area contributed by atoms with Gasteiger partial charge in [-0.25, -0.2) is 12.1 Å². The molecular formula is C16H16FeO. The molecule has 0 amide bonds. The van der Waals surface area contributed by atoms with Gasteiger partial charge in [-0.3, -0.25) is 0 Å². The summed E-state index contributed by atoms with van der Waals surface area (Å²) in [5.74, 6) is 0.511. The van der Waals surface area contributed by atoms with Crippen molar-refractivity contribution in [1.29, 1.82) is 0 Å². The van der Waals surface area contributed by atoms with Crippen LogP contribution in [0.15, 0.2) is 78.1 Å². The van der Waals surface area contributed by atoms with Crippen molar-refractivity contribution < 1.29 is 22.2 Å². The Kier molecular flexibility index (Phi) is 6.41. The quantitative estimate of drug-likeness (QED) is 0.335. The van der Waals surface area contributed by atoms with Crippen LogP contribution in [0.5, 0.6) is 0 Å². The second kappa shape index (κ2) is 7.86. The van der Waals surface area contributed by atoms with Crippen LogP contribution in [0.3, 0.4) is 0 Å². The Hall–Kier alpha value is -1.37. The Balaban J connectivity index is 0.000000230. The minimum atomic E-state index is 0. The summed E-state index contributed by atoms with van der Waals surface area (Å²) in [7, 11) is 0. The molecule has 0 aliphatic heterocycles. The Labute approximate surface area is 119 Å². The van der Waals surface area contributed by atoms with Gasteiger partial charge in [0.15, 0.2) is 0 Å². The van der Waals surface area contributed by atoms with Crippen LogP contribution in [0.4, 0.5) is 0 Å². The van der Waals surface area contributed by atoms with Gasteiger partial charge in [-0.05, 0) is 24.3 Å². The molecule has 0 heterocycles. The first-order valence-electron chi connectivity index (χ1n) is 5.95. The summed E-state index contributed by atoms with van der Waals surface area (Å²) in [6, 6.07) is 10.0. The normalized spacial score (nSPS) is 16.3. The molecule has 0 spiro atoms. The fourth-order valence-corrected chi connectivity index (χ4v) is 1.93. The van der Waals surface area contributed by atoms with Crippen LogP contribution in [0.2, 0.25) is 0 Å². The first-order chi connectivity index (χ1) is 8.38. The second-order valence-corrected chi connectivity index (χ2v) is 4.14. The van der Waals surface area contributed by atoms with Gasteiger partial charge >= 0.3 is 17.1 Å². The minimum Gasteiger partial charge on any atom is -0.875 e. The molecule has 0 fully saturated rings. The predicted molar refractivity (Wildman–Crippen MR) is 69.2 cm³/mol. The molecule has 0 saturated carbocycles. The Morgan fingerprint density at radius 1 is 1.06 bits per heavy atom. The third kappa shape index (κ3) is 4.14. The van der Waals surface area contributed by atoms with Gasteiger partial charge in [-0.2, -0.15) is 18.2 Å². The summed E-state index contributed by atoms with van der Waals surface area (Å²) in [6.07, 6.45) is 13.6. The molecule has 0 N–H and O–H groups in total. The van der Waals surface area contributed by atoms with E-state index >= 15 is 0 Å². The SMILES string of the molecule is [Fe+2].[O-]C(=C1C=CC=C1)C1CC=CC1.c1cc[cH-]c1. The largest absolute Gasteiger partial charge is 2.00 e. The van der Waals surface area contributed by atoms with E-state index < -0.39 is 0 Å². The Morgan fingerprint density at radius 2 is 1.61 bits per heavy atom. The van der Waals surface area contributed by atoms with Gasteiger partial charge in [0.2, 0.25) is 0 Å². The molecular weight excluding hydrogens is 264 g/mol. The zero-order valence-electron chi connectivity index (χ0n) is 10.1. The molecule has 3 rings (SSSR count). The maximum atomic E-state index is 11.7. The zero-order valence-corrected chi connectivity index (χ0v) is 11.2. The van der Waals surface area contributed by atoms with E-state index in [9.17, 15) is 5.11 Å². The van der Waals surface area contributed by atoms with Crippen molar-refractivity contribution in [3.63, 3.8) is 0 Å². The number of rotatable bonds is 1. The molecule has 0 unspecified atom stereocenters. The van der Waals surface area contributed by atoms with Crippen molar-refractivity contribution in [3.05, 3.63) is 78.1 Å². The molecule has 1 nitrogen and oxygen atoms in total. The topological polar surface area (TPSA) is 23.1 Å². The summed E-state index contributed by atoms with van der Waals surface area (Å²) in [6.45, 7) is 0. The molecule has 1 aromatic carbocycles. The maximum absolute atomic E-state index is 11.7. The van der Waals surface area contributed by atoms with Crippen LogP contribution < -0.4 is 5.11 Å². The van der Waals surface area contributed by atoms with E-state index in [-0.39, 0.29) is 23.0 Å². The fourth-order valence-electron chi connectivity index (χ4n) is 1.93. The smallest absolute Gasteiger partial charge is 0.875 e.